The first kappa shape index (κ1) is 14.9. The third-order valence-corrected chi connectivity index (χ3v) is 4.17. The second kappa shape index (κ2) is 8.02. The van der Waals surface area contributed by atoms with Gasteiger partial charge in [0.15, 0.2) is 5.78 Å². The fourth-order valence-corrected chi connectivity index (χ4v) is 2.93. The fourth-order valence-electron chi connectivity index (χ4n) is 1.85. The van der Waals surface area contributed by atoms with Crippen molar-refractivity contribution in [2.24, 2.45) is 0 Å². The first-order valence-corrected chi connectivity index (χ1v) is 8.33. The van der Waals surface area contributed by atoms with E-state index < -0.39 is 0 Å². The number of allylic oxidation sites excluding steroid dienone is 2. The van der Waals surface area contributed by atoms with Gasteiger partial charge in [0.1, 0.15) is 7.55 Å². The molecule has 1 aromatic carbocycles. The Morgan fingerprint density at radius 1 is 1.33 bits per heavy atom. The number of hydrogen-bond acceptors (Lipinski definition) is 1. The second-order valence-electron chi connectivity index (χ2n) is 4.31. The number of benzene rings is 1. The van der Waals surface area contributed by atoms with Gasteiger partial charge in [-0.3, -0.25) is 5.32 Å². The van der Waals surface area contributed by atoms with Crippen LogP contribution < -0.4 is 5.32 Å². The summed E-state index contributed by atoms with van der Waals surface area (Å²) in [5, 5.41) is 3.62. The maximum absolute atomic E-state index is 4.23. The van der Waals surface area contributed by atoms with E-state index in [9.17, 15) is 0 Å². The Balaban J connectivity index is 2.74. The van der Waals surface area contributed by atoms with Gasteiger partial charge < -0.3 is 0 Å². The van der Waals surface area contributed by atoms with Crippen LogP contribution in [0, 0.1) is 0 Å². The molecule has 0 heterocycles. The Labute approximate surface area is 112 Å². The van der Waals surface area contributed by atoms with E-state index in [1.165, 1.54) is 11.1 Å². The monoisotopic (exact) mass is 260 g/mol. The molecule has 0 aliphatic carbocycles. The van der Waals surface area contributed by atoms with E-state index in [0.29, 0.717) is 5.78 Å². The van der Waals surface area contributed by atoms with Crippen molar-refractivity contribution in [2.45, 2.75) is 19.6 Å². The Hall–Kier alpha value is -1.17. The smallest absolute Gasteiger partial charge is 0.192 e. The first-order valence-electron chi connectivity index (χ1n) is 6.28. The minimum Gasteiger partial charge on any atom is -0.269 e. The number of hydrogen-bond donors (Lipinski definition) is 1. The summed E-state index contributed by atoms with van der Waals surface area (Å²) in [6.45, 7) is 7.23. The van der Waals surface area contributed by atoms with Crippen LogP contribution in [0.1, 0.15) is 25.2 Å². The Morgan fingerprint density at radius 3 is 2.50 bits per heavy atom. The van der Waals surface area contributed by atoms with Crippen LogP contribution in [0.2, 0.25) is 0 Å². The molecular formula is C16H23NP+. The van der Waals surface area contributed by atoms with Crippen LogP contribution in [0.5, 0.6) is 0 Å². The van der Waals surface area contributed by atoms with Gasteiger partial charge in [-0.05, 0) is 19.4 Å². The Kier molecular flexibility index (Phi) is 6.64. The van der Waals surface area contributed by atoms with E-state index in [2.05, 4.69) is 73.8 Å². The highest BCUT2D eigenvalue weighted by Gasteiger charge is 2.19. The third kappa shape index (κ3) is 4.60. The molecule has 0 aromatic heterocycles. The van der Waals surface area contributed by atoms with E-state index in [0.717, 1.165) is 6.54 Å². The van der Waals surface area contributed by atoms with Gasteiger partial charge in [-0.2, -0.15) is 0 Å². The van der Waals surface area contributed by atoms with E-state index in [1.54, 1.807) is 0 Å². The molecule has 1 nitrogen and oxygen atoms in total. The lowest BCUT2D eigenvalue weighted by molar-refractivity contribution is 0.723. The van der Waals surface area contributed by atoms with Gasteiger partial charge in [0.2, 0.25) is 0 Å². The molecule has 1 rings (SSSR count). The number of nitrogens with one attached hydrogen (secondary N) is 1. The van der Waals surface area contributed by atoms with Crippen LogP contribution in [-0.2, 0) is 0 Å². The van der Waals surface area contributed by atoms with Gasteiger partial charge in [0.05, 0.1) is 13.0 Å². The van der Waals surface area contributed by atoms with Crippen LogP contribution in [0.25, 0.3) is 0 Å². The van der Waals surface area contributed by atoms with Crippen molar-refractivity contribution in [3.05, 3.63) is 59.7 Å². The predicted molar refractivity (Wildman–Crippen MR) is 85.7 cm³/mol. The topological polar surface area (TPSA) is 12.0 Å². The lowest BCUT2D eigenvalue weighted by Crippen LogP contribution is -2.20. The highest BCUT2D eigenvalue weighted by Crippen LogP contribution is 2.34. The molecule has 0 saturated heterocycles. The van der Waals surface area contributed by atoms with E-state index in [1.807, 2.05) is 6.92 Å². The zero-order chi connectivity index (χ0) is 13.4. The summed E-state index contributed by atoms with van der Waals surface area (Å²) >= 11 is 0. The maximum Gasteiger partial charge on any atom is 0.192 e. The summed E-state index contributed by atoms with van der Waals surface area (Å²) < 4.78 is 0. The molecular weight excluding hydrogens is 237 g/mol. The molecule has 1 N–H and O–H groups in total. The SMILES string of the molecule is C=[P+](C)C(NCC(/C=C\C)=C/C)c1ccccc1. The summed E-state index contributed by atoms with van der Waals surface area (Å²) in [4.78, 5) is 0. The van der Waals surface area contributed by atoms with Crippen molar-refractivity contribution in [3.63, 3.8) is 0 Å². The van der Waals surface area contributed by atoms with Gasteiger partial charge in [-0.25, -0.2) is 0 Å². The third-order valence-electron chi connectivity index (χ3n) is 2.81. The minimum absolute atomic E-state index is 0.298. The zero-order valence-electron chi connectivity index (χ0n) is 11.6. The van der Waals surface area contributed by atoms with Crippen molar-refractivity contribution >= 4 is 13.8 Å². The zero-order valence-corrected chi connectivity index (χ0v) is 12.5. The maximum atomic E-state index is 4.23. The predicted octanol–water partition coefficient (Wildman–Crippen LogP) is 4.34. The van der Waals surface area contributed by atoms with Crippen LogP contribution in [0.15, 0.2) is 54.1 Å². The molecule has 0 spiro atoms. The summed E-state index contributed by atoms with van der Waals surface area (Å²) in [5.74, 6) is 0.362. The van der Waals surface area contributed by atoms with Gasteiger partial charge in [-0.1, -0.05) is 48.6 Å². The molecule has 2 atom stereocenters. The van der Waals surface area contributed by atoms with E-state index in [4.69, 9.17) is 0 Å². The Morgan fingerprint density at radius 2 is 2.00 bits per heavy atom. The molecule has 0 amide bonds. The molecule has 2 heteroatoms. The molecule has 0 aliphatic heterocycles. The van der Waals surface area contributed by atoms with Gasteiger partial charge in [-0.15, -0.1) is 0 Å². The molecule has 0 aliphatic rings. The molecule has 1 aromatic rings. The summed E-state index contributed by atoms with van der Waals surface area (Å²) in [6.07, 6.45) is 10.6. The second-order valence-corrected chi connectivity index (χ2v) is 6.35. The minimum atomic E-state index is -0.298. The van der Waals surface area contributed by atoms with Crippen molar-refractivity contribution < 1.29 is 0 Å². The molecule has 0 saturated carbocycles. The molecule has 18 heavy (non-hydrogen) atoms. The first-order chi connectivity index (χ1) is 8.69. The lowest BCUT2D eigenvalue weighted by atomic mass is 10.2. The molecule has 2 unspecified atom stereocenters. The van der Waals surface area contributed by atoms with Crippen molar-refractivity contribution in [2.75, 3.05) is 13.2 Å². The van der Waals surface area contributed by atoms with Gasteiger partial charge >= 0.3 is 0 Å². The summed E-state index contributed by atoms with van der Waals surface area (Å²) in [5.41, 5.74) is 2.65. The molecule has 0 bridgehead atoms. The van der Waals surface area contributed by atoms with Crippen LogP contribution in [0.4, 0.5) is 0 Å². The lowest BCUT2D eigenvalue weighted by Gasteiger charge is -2.13. The van der Waals surface area contributed by atoms with Crippen LogP contribution in [0.3, 0.4) is 0 Å². The standard InChI is InChI=1S/C16H23NP/c1-5-10-14(6-2)13-17-16(18(3)4)15-11-8-7-9-12-15/h5-12,16-17H,3,13H2,1-2,4H3/q+1/b10-5-,14-6+. The summed E-state index contributed by atoms with van der Waals surface area (Å²) in [7, 11) is -0.298. The molecule has 0 fully saturated rings. The van der Waals surface area contributed by atoms with E-state index in [-0.39, 0.29) is 7.55 Å². The Bertz CT molecular complexity index is 432. The largest absolute Gasteiger partial charge is 0.269 e. The average molecular weight is 260 g/mol. The van der Waals surface area contributed by atoms with Crippen LogP contribution >= 0.6 is 7.55 Å². The average Bonchev–Trinajstić information content (AvgIpc) is 2.38. The van der Waals surface area contributed by atoms with E-state index >= 15 is 0 Å². The quantitative estimate of drug-likeness (QED) is 0.592. The highest BCUT2D eigenvalue weighted by atomic mass is 31.1. The summed E-state index contributed by atoms with van der Waals surface area (Å²) in [6, 6.07) is 10.6. The molecule has 0 radical (unpaired) electrons. The van der Waals surface area contributed by atoms with Crippen LogP contribution in [-0.4, -0.2) is 19.5 Å². The van der Waals surface area contributed by atoms with Crippen molar-refractivity contribution in [3.8, 4) is 0 Å². The van der Waals surface area contributed by atoms with Gasteiger partial charge in [0.25, 0.3) is 0 Å². The normalized spacial score (nSPS) is 14.8. The fraction of sp³-hybridized carbons (Fsp3) is 0.312. The number of rotatable bonds is 6. The highest BCUT2D eigenvalue weighted by molar-refractivity contribution is 7.55. The van der Waals surface area contributed by atoms with Crippen molar-refractivity contribution in [1.82, 2.24) is 5.32 Å². The van der Waals surface area contributed by atoms with Gasteiger partial charge in [0, 0.05) is 12.1 Å². The van der Waals surface area contributed by atoms with Crippen molar-refractivity contribution in [1.29, 1.82) is 0 Å². The molecule has 96 valence electrons.